The number of anilines is 1. The van der Waals surface area contributed by atoms with E-state index in [0.717, 1.165) is 9.87 Å². The lowest BCUT2D eigenvalue weighted by Gasteiger charge is -2.24. The van der Waals surface area contributed by atoms with Crippen molar-refractivity contribution in [3.63, 3.8) is 0 Å². The quantitative estimate of drug-likeness (QED) is 0.249. The molecule has 3 aromatic carbocycles. The molecule has 1 N–H and O–H groups in total. The van der Waals surface area contributed by atoms with Crippen LogP contribution in [-0.4, -0.2) is 31.5 Å². The van der Waals surface area contributed by atoms with Gasteiger partial charge in [0.2, 0.25) is 0 Å². The maximum atomic E-state index is 13.4. The van der Waals surface area contributed by atoms with Gasteiger partial charge < -0.3 is 0 Å². The van der Waals surface area contributed by atoms with Crippen molar-refractivity contribution in [3.05, 3.63) is 98.0 Å². The summed E-state index contributed by atoms with van der Waals surface area (Å²) in [7, 11) is -4.17. The first-order valence-electron chi connectivity index (χ1n) is 10.1. The molecule has 0 unspecified atom stereocenters. The molecule has 182 valence electrons. The second-order valence-corrected chi connectivity index (χ2v) is 10.2. The van der Waals surface area contributed by atoms with E-state index in [1.165, 1.54) is 48.5 Å². The van der Waals surface area contributed by atoms with Gasteiger partial charge in [0, 0.05) is 27.7 Å². The molecular weight excluding hydrogens is 515 g/mol. The summed E-state index contributed by atoms with van der Waals surface area (Å²) in [6.07, 6.45) is 0. The van der Waals surface area contributed by atoms with E-state index >= 15 is 0 Å². The van der Waals surface area contributed by atoms with Crippen molar-refractivity contribution in [2.75, 3.05) is 10.8 Å². The molecule has 35 heavy (non-hydrogen) atoms. The molecule has 9 nitrogen and oxygen atoms in total. The summed E-state index contributed by atoms with van der Waals surface area (Å²) in [4.78, 5) is 23.2. The number of nitro benzene ring substituents is 1. The molecular formula is C23H20Cl2N4O5S. The number of non-ortho nitro benzene ring substituents is 1. The zero-order valence-electron chi connectivity index (χ0n) is 18.6. The van der Waals surface area contributed by atoms with E-state index in [1.807, 2.05) is 6.92 Å². The zero-order chi connectivity index (χ0) is 25.8. The average molecular weight is 535 g/mol. The van der Waals surface area contributed by atoms with Crippen molar-refractivity contribution in [1.29, 1.82) is 0 Å². The van der Waals surface area contributed by atoms with Crippen molar-refractivity contribution >= 4 is 56.2 Å². The van der Waals surface area contributed by atoms with Crippen molar-refractivity contribution in [1.82, 2.24) is 5.43 Å². The highest BCUT2D eigenvalue weighted by molar-refractivity contribution is 7.92. The van der Waals surface area contributed by atoms with E-state index < -0.39 is 27.4 Å². The third-order valence-corrected chi connectivity index (χ3v) is 7.08. The second kappa shape index (κ2) is 10.9. The van der Waals surface area contributed by atoms with Gasteiger partial charge >= 0.3 is 0 Å². The van der Waals surface area contributed by atoms with Gasteiger partial charge in [0.15, 0.2) is 0 Å². The summed E-state index contributed by atoms with van der Waals surface area (Å²) in [6.45, 7) is 2.75. The van der Waals surface area contributed by atoms with Crippen LogP contribution in [-0.2, 0) is 14.8 Å². The fourth-order valence-electron chi connectivity index (χ4n) is 3.06. The number of hydrogen-bond acceptors (Lipinski definition) is 6. The van der Waals surface area contributed by atoms with Gasteiger partial charge in [-0.25, -0.2) is 13.8 Å². The van der Waals surface area contributed by atoms with Crippen LogP contribution in [0.1, 0.15) is 18.1 Å². The van der Waals surface area contributed by atoms with Crippen molar-refractivity contribution in [2.45, 2.75) is 18.7 Å². The smallest absolute Gasteiger partial charge is 0.270 e. The molecule has 3 aromatic rings. The predicted octanol–water partition coefficient (Wildman–Crippen LogP) is 4.95. The fourth-order valence-corrected chi connectivity index (χ4v) is 4.98. The summed E-state index contributed by atoms with van der Waals surface area (Å²) in [5.41, 5.74) is 3.85. The molecule has 0 aliphatic carbocycles. The highest BCUT2D eigenvalue weighted by Crippen LogP contribution is 2.29. The van der Waals surface area contributed by atoms with Gasteiger partial charge in [0.1, 0.15) is 6.54 Å². The van der Waals surface area contributed by atoms with Gasteiger partial charge in [-0.1, -0.05) is 53.0 Å². The number of nitro groups is 1. The van der Waals surface area contributed by atoms with E-state index in [4.69, 9.17) is 23.2 Å². The fraction of sp³-hybridized carbons (Fsp3) is 0.130. The maximum absolute atomic E-state index is 13.4. The maximum Gasteiger partial charge on any atom is 0.270 e. The van der Waals surface area contributed by atoms with Crippen LogP contribution in [0.2, 0.25) is 10.0 Å². The van der Waals surface area contributed by atoms with Crippen LogP contribution in [0.15, 0.2) is 76.7 Å². The van der Waals surface area contributed by atoms with Crippen molar-refractivity contribution in [2.24, 2.45) is 5.10 Å². The molecule has 1 amide bonds. The first-order valence-corrected chi connectivity index (χ1v) is 12.3. The Balaban J connectivity index is 1.90. The largest absolute Gasteiger partial charge is 0.271 e. The number of carbonyl (C=O) groups excluding carboxylic acids is 1. The Bertz CT molecular complexity index is 1390. The number of nitrogens with one attached hydrogen (secondary N) is 1. The second-order valence-electron chi connectivity index (χ2n) is 7.49. The Morgan fingerprint density at radius 2 is 1.69 bits per heavy atom. The van der Waals surface area contributed by atoms with Crippen LogP contribution < -0.4 is 9.73 Å². The Labute approximate surface area is 212 Å². The topological polar surface area (TPSA) is 122 Å². The van der Waals surface area contributed by atoms with Gasteiger partial charge in [-0.15, -0.1) is 0 Å². The molecule has 0 aromatic heterocycles. The summed E-state index contributed by atoms with van der Waals surface area (Å²) in [5, 5.41) is 15.3. The van der Waals surface area contributed by atoms with E-state index in [2.05, 4.69) is 10.5 Å². The number of benzene rings is 3. The summed E-state index contributed by atoms with van der Waals surface area (Å²) >= 11 is 12.2. The first-order chi connectivity index (χ1) is 16.5. The molecule has 0 radical (unpaired) electrons. The zero-order valence-corrected chi connectivity index (χ0v) is 20.9. The van der Waals surface area contributed by atoms with E-state index in [0.29, 0.717) is 11.3 Å². The standard InChI is InChI=1S/C23H20Cl2N4O5S/c1-15-6-8-22(9-7-15)35(33,34)28(21-12-18(24)11-19(25)13-21)14-23(30)27-26-16(2)17-4-3-5-20(10-17)29(31)32/h3-13H,14H2,1-2H3,(H,27,30)/b26-16-. The summed E-state index contributed by atoms with van der Waals surface area (Å²) in [6, 6.07) is 16.1. The normalized spacial score (nSPS) is 11.7. The van der Waals surface area contributed by atoms with Crippen LogP contribution in [0, 0.1) is 17.0 Å². The number of nitrogens with zero attached hydrogens (tertiary/aromatic N) is 3. The lowest BCUT2D eigenvalue weighted by Crippen LogP contribution is -2.39. The van der Waals surface area contributed by atoms with E-state index in [1.54, 1.807) is 25.1 Å². The number of sulfonamides is 1. The first kappa shape index (κ1) is 26.1. The van der Waals surface area contributed by atoms with Crippen LogP contribution >= 0.6 is 23.2 Å². The monoisotopic (exact) mass is 534 g/mol. The van der Waals surface area contributed by atoms with Crippen molar-refractivity contribution < 1.29 is 18.1 Å². The van der Waals surface area contributed by atoms with Crippen LogP contribution in [0.3, 0.4) is 0 Å². The van der Waals surface area contributed by atoms with Crippen LogP contribution in [0.25, 0.3) is 0 Å². The van der Waals surface area contributed by atoms with Gasteiger partial charge in [-0.05, 0) is 44.2 Å². The van der Waals surface area contributed by atoms with Crippen LogP contribution in [0.4, 0.5) is 11.4 Å². The molecule has 0 saturated carbocycles. The SMILES string of the molecule is C/C(=N/NC(=O)CN(c1cc(Cl)cc(Cl)c1)S(=O)(=O)c1ccc(C)cc1)c1cccc([N+](=O)[O-])c1. The minimum Gasteiger partial charge on any atom is -0.271 e. The van der Waals surface area contributed by atoms with Crippen molar-refractivity contribution in [3.8, 4) is 0 Å². The third kappa shape index (κ3) is 6.56. The Morgan fingerprint density at radius 1 is 1.06 bits per heavy atom. The number of hydrogen-bond donors (Lipinski definition) is 1. The highest BCUT2D eigenvalue weighted by Gasteiger charge is 2.28. The van der Waals surface area contributed by atoms with E-state index in [9.17, 15) is 23.3 Å². The summed E-state index contributed by atoms with van der Waals surface area (Å²) in [5.74, 6) is -0.749. The number of amides is 1. The average Bonchev–Trinajstić information content (AvgIpc) is 2.80. The molecule has 0 spiro atoms. The molecule has 0 atom stereocenters. The molecule has 0 saturated heterocycles. The Morgan fingerprint density at radius 3 is 2.29 bits per heavy atom. The Hall–Kier alpha value is -3.47. The summed E-state index contributed by atoms with van der Waals surface area (Å²) < 4.78 is 27.7. The lowest BCUT2D eigenvalue weighted by molar-refractivity contribution is -0.384. The van der Waals surface area contributed by atoms with Gasteiger partial charge in [-0.3, -0.25) is 19.2 Å². The Kier molecular flexibility index (Phi) is 8.11. The number of hydrazone groups is 1. The number of rotatable bonds is 8. The minimum absolute atomic E-state index is 0.0247. The third-order valence-electron chi connectivity index (χ3n) is 4.85. The number of aryl methyl sites for hydroxylation is 1. The van der Waals surface area contributed by atoms with E-state index in [-0.39, 0.29) is 26.3 Å². The molecule has 0 fully saturated rings. The van der Waals surface area contributed by atoms with Gasteiger partial charge in [-0.2, -0.15) is 5.10 Å². The number of carbonyl (C=O) groups is 1. The molecule has 0 heterocycles. The molecule has 0 bridgehead atoms. The molecule has 12 heteroatoms. The van der Waals surface area contributed by atoms with Gasteiger partial charge in [0.25, 0.3) is 21.6 Å². The van der Waals surface area contributed by atoms with Crippen LogP contribution in [0.5, 0.6) is 0 Å². The highest BCUT2D eigenvalue weighted by atomic mass is 35.5. The molecule has 0 aliphatic heterocycles. The predicted molar refractivity (Wildman–Crippen MR) is 136 cm³/mol. The molecule has 0 aliphatic rings. The lowest BCUT2D eigenvalue weighted by atomic mass is 10.1. The molecule has 3 rings (SSSR count). The minimum atomic E-state index is -4.17. The van der Waals surface area contributed by atoms with Gasteiger partial charge in [0.05, 0.1) is 21.2 Å². The number of halogens is 2.